The van der Waals surface area contributed by atoms with Crippen LogP contribution in [0, 0.1) is 0 Å². The number of alkyl halides is 1. The first kappa shape index (κ1) is 25.4. The van der Waals surface area contributed by atoms with Crippen LogP contribution in [0.15, 0.2) is 48.5 Å². The summed E-state index contributed by atoms with van der Waals surface area (Å²) in [6, 6.07) is 14.4. The lowest BCUT2D eigenvalue weighted by Gasteiger charge is -2.16. The molecule has 2 amide bonds. The van der Waals surface area contributed by atoms with Crippen LogP contribution < -0.4 is 11.5 Å². The maximum atomic E-state index is 12.2. The fourth-order valence-electron chi connectivity index (χ4n) is 3.89. The fraction of sp³-hybridized carbons (Fsp3) is 0.333. The number of amides is 2. The smallest absolute Gasteiger partial charge is 0.238 e. The zero-order valence-electron chi connectivity index (χ0n) is 17.7. The largest absolute Gasteiger partial charge is 0.369 e. The second-order valence-electron chi connectivity index (χ2n) is 8.37. The van der Waals surface area contributed by atoms with E-state index in [-0.39, 0.29) is 18.0 Å². The molecule has 0 aromatic heterocycles. The van der Waals surface area contributed by atoms with Gasteiger partial charge in [-0.3, -0.25) is 19.2 Å². The van der Waals surface area contributed by atoms with Crippen molar-refractivity contribution in [3.63, 3.8) is 0 Å². The Bertz CT molecular complexity index is 1080. The highest BCUT2D eigenvalue weighted by Gasteiger charge is 2.53. The normalized spacial score (nSPS) is 17.7. The molecule has 6 nitrogen and oxygen atoms in total. The monoisotopic (exact) mass is 552 g/mol. The highest BCUT2D eigenvalue weighted by atomic mass is 79.9. The Balaban J connectivity index is 0.000000186. The number of carbonyl (C=O) groups is 4. The van der Waals surface area contributed by atoms with Gasteiger partial charge in [0.05, 0.1) is 17.3 Å². The third-order valence-electron chi connectivity index (χ3n) is 6.11. The maximum absolute atomic E-state index is 12.2. The molecule has 0 heterocycles. The molecule has 0 spiro atoms. The number of Topliss-reactive ketones (excluding diaryl/α,β-unsaturated/α-hetero) is 2. The Morgan fingerprint density at radius 1 is 0.788 bits per heavy atom. The third-order valence-corrected chi connectivity index (χ3v) is 7.48. The predicted molar refractivity (Wildman–Crippen MR) is 130 cm³/mol. The first-order valence-electron chi connectivity index (χ1n) is 10.3. The summed E-state index contributed by atoms with van der Waals surface area (Å²) < 4.78 is 0. The van der Waals surface area contributed by atoms with Crippen molar-refractivity contribution in [1.82, 2.24) is 0 Å². The molecule has 4 rings (SSSR count). The SMILES string of the molecule is NC(=O)C(Br)C(=O)C1(c2ccc(Cl)cc2)CC1.NC(=O)CC(=O)C1(c2ccc(Cl)cc2)CC1. The Morgan fingerprint density at radius 3 is 1.52 bits per heavy atom. The van der Waals surface area contributed by atoms with Crippen molar-refractivity contribution in [1.29, 1.82) is 0 Å². The average Bonchev–Trinajstić information content (AvgIpc) is 3.68. The molecule has 2 aromatic rings. The van der Waals surface area contributed by atoms with Crippen molar-refractivity contribution < 1.29 is 19.2 Å². The second kappa shape index (κ2) is 9.95. The van der Waals surface area contributed by atoms with E-state index in [1.54, 1.807) is 24.3 Å². The average molecular weight is 554 g/mol. The van der Waals surface area contributed by atoms with Gasteiger partial charge in [0.1, 0.15) is 0 Å². The van der Waals surface area contributed by atoms with Crippen molar-refractivity contribution in [3.05, 3.63) is 69.7 Å². The van der Waals surface area contributed by atoms with E-state index in [1.807, 2.05) is 24.3 Å². The molecule has 2 aliphatic carbocycles. The molecule has 0 bridgehead atoms. The molecule has 0 saturated heterocycles. The molecule has 2 saturated carbocycles. The summed E-state index contributed by atoms with van der Waals surface area (Å²) in [6.07, 6.45) is 2.91. The van der Waals surface area contributed by atoms with Crippen LogP contribution in [-0.4, -0.2) is 28.2 Å². The van der Waals surface area contributed by atoms with Gasteiger partial charge in [-0.05, 0) is 61.1 Å². The van der Waals surface area contributed by atoms with Gasteiger partial charge in [0.15, 0.2) is 16.4 Å². The van der Waals surface area contributed by atoms with E-state index in [2.05, 4.69) is 15.9 Å². The van der Waals surface area contributed by atoms with Gasteiger partial charge in [0.25, 0.3) is 0 Å². The minimum Gasteiger partial charge on any atom is -0.369 e. The maximum Gasteiger partial charge on any atom is 0.238 e. The van der Waals surface area contributed by atoms with E-state index in [1.165, 1.54) is 0 Å². The van der Waals surface area contributed by atoms with Crippen molar-refractivity contribution in [2.75, 3.05) is 0 Å². The second-order valence-corrected chi connectivity index (χ2v) is 10.2. The summed E-state index contributed by atoms with van der Waals surface area (Å²) in [4.78, 5) is 44.9. The Hall–Kier alpha value is -2.22. The molecule has 2 aromatic carbocycles. The predicted octanol–water partition coefficient (Wildman–Crippen LogP) is 4.01. The van der Waals surface area contributed by atoms with Crippen molar-refractivity contribution >= 4 is 62.5 Å². The van der Waals surface area contributed by atoms with Crippen LogP contribution in [0.25, 0.3) is 0 Å². The molecule has 1 atom stereocenters. The van der Waals surface area contributed by atoms with Crippen LogP contribution in [0.2, 0.25) is 10.0 Å². The number of nitrogens with two attached hydrogens (primary N) is 2. The lowest BCUT2D eigenvalue weighted by Crippen LogP contribution is -2.37. The summed E-state index contributed by atoms with van der Waals surface area (Å²) in [5.74, 6) is -1.45. The lowest BCUT2D eigenvalue weighted by atomic mass is 9.89. The quantitative estimate of drug-likeness (QED) is 0.379. The Kier molecular flexibility index (Phi) is 7.66. The van der Waals surface area contributed by atoms with E-state index >= 15 is 0 Å². The lowest BCUT2D eigenvalue weighted by molar-refractivity contribution is -0.129. The van der Waals surface area contributed by atoms with Gasteiger partial charge >= 0.3 is 0 Å². The number of halogens is 3. The van der Waals surface area contributed by atoms with Crippen molar-refractivity contribution in [2.24, 2.45) is 11.5 Å². The zero-order valence-corrected chi connectivity index (χ0v) is 20.8. The zero-order chi connectivity index (χ0) is 24.4. The summed E-state index contributed by atoms with van der Waals surface area (Å²) in [7, 11) is 0. The number of carbonyl (C=O) groups excluding carboxylic acids is 4. The van der Waals surface area contributed by atoms with E-state index < -0.39 is 27.5 Å². The molecule has 2 fully saturated rings. The number of ketones is 2. The van der Waals surface area contributed by atoms with E-state index in [4.69, 9.17) is 34.7 Å². The molecule has 1 unspecified atom stereocenters. The van der Waals surface area contributed by atoms with Crippen LogP contribution >= 0.6 is 39.1 Å². The van der Waals surface area contributed by atoms with Gasteiger partial charge in [-0.1, -0.05) is 63.4 Å². The molecule has 9 heteroatoms. The summed E-state index contributed by atoms with van der Waals surface area (Å²) in [6.45, 7) is 0. The minimum absolute atomic E-state index is 0.0812. The number of rotatable bonds is 8. The van der Waals surface area contributed by atoms with Gasteiger partial charge < -0.3 is 11.5 Å². The Morgan fingerprint density at radius 2 is 1.18 bits per heavy atom. The highest BCUT2D eigenvalue weighted by molar-refractivity contribution is 9.10. The summed E-state index contributed by atoms with van der Waals surface area (Å²) >= 11 is 14.6. The van der Waals surface area contributed by atoms with Crippen LogP contribution in [-0.2, 0) is 30.0 Å². The number of benzene rings is 2. The fourth-order valence-corrected chi connectivity index (χ4v) is 4.58. The van der Waals surface area contributed by atoms with Gasteiger partial charge in [0.2, 0.25) is 11.8 Å². The van der Waals surface area contributed by atoms with Crippen LogP contribution in [0.1, 0.15) is 43.2 Å². The number of hydrogen-bond donors (Lipinski definition) is 2. The minimum atomic E-state index is -0.916. The van der Waals surface area contributed by atoms with Crippen molar-refractivity contribution in [3.8, 4) is 0 Å². The molecule has 2 aliphatic rings. The molecular formula is C24H23BrCl2N2O4. The summed E-state index contributed by atoms with van der Waals surface area (Å²) in [5.41, 5.74) is 11.0. The third kappa shape index (κ3) is 5.65. The van der Waals surface area contributed by atoms with Crippen LogP contribution in [0.3, 0.4) is 0 Å². The molecule has 174 valence electrons. The topological polar surface area (TPSA) is 120 Å². The van der Waals surface area contributed by atoms with Gasteiger partial charge in [-0.2, -0.15) is 0 Å². The number of hydrogen-bond acceptors (Lipinski definition) is 4. The summed E-state index contributed by atoms with van der Waals surface area (Å²) in [5, 5.41) is 1.27. The van der Waals surface area contributed by atoms with E-state index in [9.17, 15) is 19.2 Å². The van der Waals surface area contributed by atoms with E-state index in [0.29, 0.717) is 10.0 Å². The van der Waals surface area contributed by atoms with E-state index in [0.717, 1.165) is 36.8 Å². The Labute approximate surface area is 210 Å². The van der Waals surface area contributed by atoms with Gasteiger partial charge in [-0.25, -0.2) is 0 Å². The standard InChI is InChI=1S/C12H11BrClNO2.C12H12ClNO2/c13-9(11(15)17)10(16)12(5-6-12)7-1-3-8(14)4-2-7;13-9-3-1-8(2-4-9)12(5-6-12)10(15)7-11(14)16/h1-4,9H,5-6H2,(H2,15,17);1-4H,5-7H2,(H2,14,16). The van der Waals surface area contributed by atoms with Crippen LogP contribution in [0.5, 0.6) is 0 Å². The van der Waals surface area contributed by atoms with Gasteiger partial charge in [0, 0.05) is 10.0 Å². The van der Waals surface area contributed by atoms with Crippen molar-refractivity contribution in [2.45, 2.75) is 47.8 Å². The molecular weight excluding hydrogens is 531 g/mol. The molecule has 33 heavy (non-hydrogen) atoms. The molecule has 4 N–H and O–H groups in total. The van der Waals surface area contributed by atoms with Crippen LogP contribution in [0.4, 0.5) is 0 Å². The highest BCUT2D eigenvalue weighted by Crippen LogP contribution is 2.51. The first-order valence-corrected chi connectivity index (χ1v) is 12.0. The number of primary amides is 2. The first-order chi connectivity index (χ1) is 15.5. The molecule has 0 radical (unpaired) electrons. The molecule has 0 aliphatic heterocycles. The van der Waals surface area contributed by atoms with Gasteiger partial charge in [-0.15, -0.1) is 0 Å².